The van der Waals surface area contributed by atoms with Crippen molar-refractivity contribution in [1.82, 2.24) is 5.32 Å². The molecule has 1 atom stereocenters. The van der Waals surface area contributed by atoms with Gasteiger partial charge in [-0.3, -0.25) is 4.79 Å². The number of hydrogen-bond acceptors (Lipinski definition) is 2. The van der Waals surface area contributed by atoms with Gasteiger partial charge in [0.1, 0.15) is 0 Å². The van der Waals surface area contributed by atoms with Crippen LogP contribution >= 0.6 is 0 Å². The number of aryl methyl sites for hydroxylation is 1. The first-order valence-corrected chi connectivity index (χ1v) is 7.46. The Balaban J connectivity index is 1.85. The Bertz CT molecular complexity index is 476. The lowest BCUT2D eigenvalue weighted by molar-refractivity contribution is -0.128. The average molecular weight is 274 g/mol. The fourth-order valence-electron chi connectivity index (χ4n) is 2.56. The summed E-state index contributed by atoms with van der Waals surface area (Å²) < 4.78 is 0. The van der Waals surface area contributed by atoms with Gasteiger partial charge in [0.05, 0.1) is 0 Å². The summed E-state index contributed by atoms with van der Waals surface area (Å²) in [4.78, 5) is 14.3. The zero-order chi connectivity index (χ0) is 14.8. The second-order valence-corrected chi connectivity index (χ2v) is 6.90. The first kappa shape index (κ1) is 14.9. The zero-order valence-electron chi connectivity index (χ0n) is 13.1. The number of carbonyl (C=O) groups is 1. The van der Waals surface area contributed by atoms with Crippen LogP contribution in [-0.2, 0) is 4.79 Å². The first-order chi connectivity index (χ1) is 9.36. The van der Waals surface area contributed by atoms with E-state index in [1.54, 1.807) is 0 Å². The summed E-state index contributed by atoms with van der Waals surface area (Å²) in [5.41, 5.74) is 2.30. The van der Waals surface area contributed by atoms with E-state index < -0.39 is 0 Å². The van der Waals surface area contributed by atoms with Gasteiger partial charge < -0.3 is 10.2 Å². The van der Waals surface area contributed by atoms with Crippen molar-refractivity contribution in [2.75, 3.05) is 24.5 Å². The molecule has 0 aliphatic carbocycles. The molecule has 0 saturated carbocycles. The minimum absolute atomic E-state index is 0.145. The summed E-state index contributed by atoms with van der Waals surface area (Å²) >= 11 is 0. The van der Waals surface area contributed by atoms with Gasteiger partial charge in [-0.1, -0.05) is 32.9 Å². The summed E-state index contributed by atoms with van der Waals surface area (Å²) in [6.07, 6.45) is 1.15. The van der Waals surface area contributed by atoms with Crippen molar-refractivity contribution in [3.8, 4) is 0 Å². The fraction of sp³-hybridized carbons (Fsp3) is 0.588. The van der Waals surface area contributed by atoms with Crippen LogP contribution in [0.4, 0.5) is 5.69 Å². The normalized spacial score (nSPS) is 19.2. The molecule has 3 heteroatoms. The third kappa shape index (κ3) is 3.75. The Labute approximate surface area is 122 Å². The van der Waals surface area contributed by atoms with Gasteiger partial charge in [0.25, 0.3) is 0 Å². The molecule has 1 saturated heterocycles. The third-order valence-corrected chi connectivity index (χ3v) is 3.89. The molecule has 0 radical (unpaired) electrons. The lowest BCUT2D eigenvalue weighted by Crippen LogP contribution is -2.38. The second-order valence-electron chi connectivity index (χ2n) is 6.90. The Morgan fingerprint density at radius 2 is 2.15 bits per heavy atom. The Morgan fingerprint density at radius 1 is 1.40 bits per heavy atom. The third-order valence-electron chi connectivity index (χ3n) is 3.89. The number of nitrogens with one attached hydrogen (secondary N) is 1. The second kappa shape index (κ2) is 5.86. The number of anilines is 1. The molecule has 0 spiro atoms. The van der Waals surface area contributed by atoms with Crippen LogP contribution in [0.25, 0.3) is 0 Å². The van der Waals surface area contributed by atoms with Crippen molar-refractivity contribution < 1.29 is 4.79 Å². The van der Waals surface area contributed by atoms with Gasteiger partial charge >= 0.3 is 0 Å². The molecule has 1 unspecified atom stereocenters. The molecular weight excluding hydrogens is 248 g/mol. The molecule has 1 aromatic carbocycles. The van der Waals surface area contributed by atoms with E-state index >= 15 is 0 Å². The Hall–Kier alpha value is -1.51. The molecule has 20 heavy (non-hydrogen) atoms. The van der Waals surface area contributed by atoms with Crippen LogP contribution in [0.3, 0.4) is 0 Å². The van der Waals surface area contributed by atoms with Gasteiger partial charge in [-0.25, -0.2) is 0 Å². The molecule has 1 aromatic rings. The topological polar surface area (TPSA) is 32.3 Å². The van der Waals surface area contributed by atoms with E-state index in [0.29, 0.717) is 5.92 Å². The SMILES string of the molecule is Cc1cccc(N2CCC(CNC(=O)C(C)(C)C)C2)c1. The summed E-state index contributed by atoms with van der Waals surface area (Å²) in [7, 11) is 0. The largest absolute Gasteiger partial charge is 0.371 e. The molecular formula is C17H26N2O. The highest BCUT2D eigenvalue weighted by Crippen LogP contribution is 2.24. The van der Waals surface area contributed by atoms with E-state index in [9.17, 15) is 4.79 Å². The maximum absolute atomic E-state index is 11.9. The maximum atomic E-state index is 11.9. The molecule has 1 N–H and O–H groups in total. The van der Waals surface area contributed by atoms with Gasteiger partial charge in [0.2, 0.25) is 5.91 Å². The van der Waals surface area contributed by atoms with Crippen LogP contribution in [0.15, 0.2) is 24.3 Å². The van der Waals surface area contributed by atoms with Crippen molar-refractivity contribution in [2.24, 2.45) is 11.3 Å². The number of nitrogens with zero attached hydrogens (tertiary/aromatic N) is 1. The molecule has 2 rings (SSSR count). The van der Waals surface area contributed by atoms with Crippen molar-refractivity contribution in [3.63, 3.8) is 0 Å². The molecule has 3 nitrogen and oxygen atoms in total. The van der Waals surface area contributed by atoms with Crippen molar-refractivity contribution in [3.05, 3.63) is 29.8 Å². The summed E-state index contributed by atoms with van der Waals surface area (Å²) in [6, 6.07) is 8.64. The minimum atomic E-state index is -0.297. The molecule has 1 fully saturated rings. The average Bonchev–Trinajstić information content (AvgIpc) is 2.83. The molecule has 1 aliphatic heterocycles. The van der Waals surface area contributed by atoms with Crippen LogP contribution in [0.1, 0.15) is 32.8 Å². The number of amides is 1. The van der Waals surface area contributed by atoms with Gasteiger partial charge in [0.15, 0.2) is 0 Å². The summed E-state index contributed by atoms with van der Waals surface area (Å²) in [6.45, 7) is 10.9. The molecule has 1 aliphatic rings. The number of hydrogen-bond donors (Lipinski definition) is 1. The highest BCUT2D eigenvalue weighted by Gasteiger charge is 2.26. The van der Waals surface area contributed by atoms with E-state index in [1.807, 2.05) is 20.8 Å². The summed E-state index contributed by atoms with van der Waals surface area (Å²) in [5.74, 6) is 0.702. The lowest BCUT2D eigenvalue weighted by Gasteiger charge is -2.21. The van der Waals surface area contributed by atoms with E-state index in [0.717, 1.165) is 26.1 Å². The fourth-order valence-corrected chi connectivity index (χ4v) is 2.56. The number of rotatable bonds is 3. The summed E-state index contributed by atoms with van der Waals surface area (Å²) in [5, 5.41) is 3.08. The first-order valence-electron chi connectivity index (χ1n) is 7.46. The maximum Gasteiger partial charge on any atom is 0.225 e. The van der Waals surface area contributed by atoms with E-state index in [2.05, 4.69) is 41.4 Å². The van der Waals surface area contributed by atoms with Crippen LogP contribution in [0.2, 0.25) is 0 Å². The van der Waals surface area contributed by atoms with Gasteiger partial charge in [-0.05, 0) is 37.0 Å². The van der Waals surface area contributed by atoms with Crippen LogP contribution in [0.5, 0.6) is 0 Å². The van der Waals surface area contributed by atoms with E-state index in [-0.39, 0.29) is 11.3 Å². The molecule has 0 aromatic heterocycles. The van der Waals surface area contributed by atoms with Gasteiger partial charge in [-0.2, -0.15) is 0 Å². The van der Waals surface area contributed by atoms with Crippen LogP contribution in [-0.4, -0.2) is 25.5 Å². The van der Waals surface area contributed by atoms with Crippen LogP contribution < -0.4 is 10.2 Å². The van der Waals surface area contributed by atoms with Crippen molar-refractivity contribution >= 4 is 11.6 Å². The zero-order valence-corrected chi connectivity index (χ0v) is 13.1. The quantitative estimate of drug-likeness (QED) is 0.919. The molecule has 110 valence electrons. The highest BCUT2D eigenvalue weighted by atomic mass is 16.2. The van der Waals surface area contributed by atoms with Crippen molar-refractivity contribution in [2.45, 2.75) is 34.1 Å². The smallest absolute Gasteiger partial charge is 0.225 e. The molecule has 1 heterocycles. The Morgan fingerprint density at radius 3 is 2.80 bits per heavy atom. The highest BCUT2D eigenvalue weighted by molar-refractivity contribution is 5.81. The standard InChI is InChI=1S/C17H26N2O/c1-13-6-5-7-15(10-13)19-9-8-14(12-19)11-18-16(20)17(2,3)4/h5-7,10,14H,8-9,11-12H2,1-4H3,(H,18,20). The lowest BCUT2D eigenvalue weighted by atomic mass is 9.95. The van der Waals surface area contributed by atoms with Gasteiger partial charge in [-0.15, -0.1) is 0 Å². The van der Waals surface area contributed by atoms with Gasteiger partial charge in [0, 0.05) is 30.7 Å². The number of benzene rings is 1. The Kier molecular flexibility index (Phi) is 4.36. The minimum Gasteiger partial charge on any atom is -0.371 e. The van der Waals surface area contributed by atoms with Crippen LogP contribution in [0, 0.1) is 18.3 Å². The van der Waals surface area contributed by atoms with E-state index in [4.69, 9.17) is 0 Å². The number of carbonyl (C=O) groups excluding carboxylic acids is 1. The predicted octanol–water partition coefficient (Wildman–Crippen LogP) is 2.98. The van der Waals surface area contributed by atoms with Crippen molar-refractivity contribution in [1.29, 1.82) is 0 Å². The monoisotopic (exact) mass is 274 g/mol. The van der Waals surface area contributed by atoms with E-state index in [1.165, 1.54) is 11.3 Å². The molecule has 1 amide bonds. The predicted molar refractivity (Wildman–Crippen MR) is 84.0 cm³/mol. The molecule has 0 bridgehead atoms.